The van der Waals surface area contributed by atoms with Crippen molar-refractivity contribution in [3.05, 3.63) is 72.0 Å². The van der Waals surface area contributed by atoms with Gasteiger partial charge in [-0.2, -0.15) is 5.10 Å². The van der Waals surface area contributed by atoms with Crippen molar-refractivity contribution in [3.8, 4) is 11.1 Å². The molecule has 208 valence electrons. The number of anilines is 1. The Balaban J connectivity index is 1.37. The zero-order chi connectivity index (χ0) is 28.6. The first-order valence-electron chi connectivity index (χ1n) is 12.9. The van der Waals surface area contributed by atoms with Crippen LogP contribution in [0.4, 0.5) is 10.2 Å². The van der Waals surface area contributed by atoms with E-state index >= 15 is 4.39 Å². The molecule has 1 aliphatic heterocycles. The van der Waals surface area contributed by atoms with Crippen LogP contribution in [0.5, 0.6) is 0 Å². The molecular weight excluding hydrogens is 517 g/mol. The van der Waals surface area contributed by atoms with Gasteiger partial charge in [0, 0.05) is 37.0 Å². The molecule has 1 fully saturated rings. The minimum absolute atomic E-state index is 0.0131. The molecule has 3 aromatic heterocycles. The molecule has 2 atom stereocenters. The van der Waals surface area contributed by atoms with Gasteiger partial charge in [0.25, 0.3) is 5.91 Å². The Hall–Kier alpha value is -4.58. The fourth-order valence-corrected chi connectivity index (χ4v) is 4.80. The second kappa shape index (κ2) is 10.5. The van der Waals surface area contributed by atoms with E-state index in [1.807, 2.05) is 0 Å². The van der Waals surface area contributed by atoms with E-state index in [9.17, 15) is 14.7 Å². The fraction of sp³-hybridized carbons (Fsp3) is 0.321. The molecule has 0 aliphatic carbocycles. The zero-order valence-corrected chi connectivity index (χ0v) is 22.4. The Morgan fingerprint density at radius 3 is 2.83 bits per heavy atom. The van der Waals surface area contributed by atoms with Gasteiger partial charge < -0.3 is 25.2 Å². The molecule has 0 radical (unpaired) electrons. The summed E-state index contributed by atoms with van der Waals surface area (Å²) in [5, 5.41) is 27.6. The van der Waals surface area contributed by atoms with Gasteiger partial charge in [-0.1, -0.05) is 23.9 Å². The van der Waals surface area contributed by atoms with Crippen LogP contribution in [0.15, 0.2) is 53.7 Å². The van der Waals surface area contributed by atoms with Crippen LogP contribution in [0.2, 0.25) is 0 Å². The number of nitrogens with one attached hydrogen (secondary N) is 3. The Kier molecular flexibility index (Phi) is 7.11. The Bertz CT molecular complexity index is 1590. The molecule has 1 aliphatic rings. The molecular formula is C28H30FN7O4. The first kappa shape index (κ1) is 27.0. The molecule has 0 unspecified atom stereocenters. The number of hydrogen-bond donors (Lipinski definition) is 4. The maximum Gasteiger partial charge on any atom is 0.273 e. The Labute approximate surface area is 229 Å². The summed E-state index contributed by atoms with van der Waals surface area (Å²) < 4.78 is 20.5. The van der Waals surface area contributed by atoms with Crippen molar-refractivity contribution in [2.75, 3.05) is 18.0 Å². The van der Waals surface area contributed by atoms with E-state index in [2.05, 4.69) is 42.5 Å². The van der Waals surface area contributed by atoms with Crippen molar-refractivity contribution in [2.24, 2.45) is 0 Å². The Morgan fingerprint density at radius 2 is 2.12 bits per heavy atom. The number of amides is 2. The standard InChI is InChI=1S/C28H30FN7O4/c1-5-23(37)32-17-9-11-36(14-17)26-24-19(8-10-30-25(24)33-34-26)16-6-7-18(20(29)12-16)15(2)31-27(38)21-13-22(40-35-21)28(3,4)39/h5-8,10,12-13,15,17,39H,1,9,11,14H2,2-4H3,(H,31,38)(H,32,37)(H,30,33,34)/t15-,17-/m1/s1. The third-order valence-electron chi connectivity index (χ3n) is 6.93. The average Bonchev–Trinajstić information content (AvgIpc) is 3.67. The summed E-state index contributed by atoms with van der Waals surface area (Å²) in [4.78, 5) is 30.8. The maximum atomic E-state index is 15.4. The summed E-state index contributed by atoms with van der Waals surface area (Å²) in [7, 11) is 0. The molecule has 1 saturated heterocycles. The highest BCUT2D eigenvalue weighted by Gasteiger charge is 2.28. The van der Waals surface area contributed by atoms with E-state index < -0.39 is 23.4 Å². The van der Waals surface area contributed by atoms with Crippen molar-refractivity contribution >= 4 is 28.7 Å². The third-order valence-corrected chi connectivity index (χ3v) is 6.93. The van der Waals surface area contributed by atoms with Crippen molar-refractivity contribution in [1.82, 2.24) is 31.0 Å². The van der Waals surface area contributed by atoms with E-state index in [-0.39, 0.29) is 23.4 Å². The van der Waals surface area contributed by atoms with E-state index in [1.165, 1.54) is 32.1 Å². The van der Waals surface area contributed by atoms with Crippen molar-refractivity contribution in [1.29, 1.82) is 0 Å². The number of halogens is 1. The average molecular weight is 548 g/mol. The van der Waals surface area contributed by atoms with Crippen molar-refractivity contribution in [2.45, 2.75) is 44.9 Å². The first-order valence-corrected chi connectivity index (χ1v) is 12.9. The monoisotopic (exact) mass is 547 g/mol. The van der Waals surface area contributed by atoms with Gasteiger partial charge in [-0.25, -0.2) is 9.37 Å². The zero-order valence-electron chi connectivity index (χ0n) is 22.4. The van der Waals surface area contributed by atoms with Gasteiger partial charge in [-0.3, -0.25) is 14.7 Å². The van der Waals surface area contributed by atoms with E-state index in [0.29, 0.717) is 35.7 Å². The van der Waals surface area contributed by atoms with Gasteiger partial charge in [-0.15, -0.1) is 0 Å². The van der Waals surface area contributed by atoms with Gasteiger partial charge in [0.1, 0.15) is 11.4 Å². The minimum atomic E-state index is -1.29. The molecule has 4 aromatic rings. The van der Waals surface area contributed by atoms with Crippen LogP contribution in [0.1, 0.15) is 55.0 Å². The smallest absolute Gasteiger partial charge is 0.273 e. The molecule has 4 heterocycles. The number of pyridine rings is 1. The number of aliphatic hydroxyl groups is 1. The van der Waals surface area contributed by atoms with Crippen LogP contribution >= 0.6 is 0 Å². The summed E-state index contributed by atoms with van der Waals surface area (Å²) in [6.45, 7) is 9.46. The molecule has 4 N–H and O–H groups in total. The van der Waals surface area contributed by atoms with Gasteiger partial charge in [-0.05, 0) is 56.5 Å². The second-order valence-electron chi connectivity index (χ2n) is 10.3. The van der Waals surface area contributed by atoms with Crippen LogP contribution < -0.4 is 15.5 Å². The lowest BCUT2D eigenvalue weighted by Crippen LogP contribution is -2.36. The molecule has 2 amide bonds. The second-order valence-corrected chi connectivity index (χ2v) is 10.3. The van der Waals surface area contributed by atoms with Crippen LogP contribution in [-0.4, -0.2) is 56.4 Å². The van der Waals surface area contributed by atoms with Gasteiger partial charge in [0.2, 0.25) is 5.91 Å². The Morgan fingerprint density at radius 1 is 1.32 bits per heavy atom. The summed E-state index contributed by atoms with van der Waals surface area (Å²) in [6.07, 6.45) is 3.64. The lowest BCUT2D eigenvalue weighted by Gasteiger charge is -2.18. The summed E-state index contributed by atoms with van der Waals surface area (Å²) in [5.74, 6) is -0.444. The number of H-pyrrole nitrogens is 1. The van der Waals surface area contributed by atoms with Crippen LogP contribution in [0.3, 0.4) is 0 Å². The molecule has 0 spiro atoms. The number of hydrogen-bond acceptors (Lipinski definition) is 8. The van der Waals surface area contributed by atoms with Crippen LogP contribution in [0, 0.1) is 5.82 Å². The highest BCUT2D eigenvalue weighted by Crippen LogP contribution is 2.35. The van der Waals surface area contributed by atoms with Gasteiger partial charge >= 0.3 is 0 Å². The summed E-state index contributed by atoms with van der Waals surface area (Å²) in [6, 6.07) is 7.29. The number of benzene rings is 1. The minimum Gasteiger partial charge on any atom is -0.382 e. The molecule has 1 aromatic carbocycles. The molecule has 11 nitrogen and oxygen atoms in total. The number of carbonyl (C=O) groups is 2. The SMILES string of the molecule is C=CC(=O)N[C@@H]1CCN(c2n[nH]c3nccc(-c4ccc([C@@H](C)NC(=O)c5cc(C(C)(C)O)on5)c(F)c4)c23)C1. The van der Waals surface area contributed by atoms with Crippen molar-refractivity contribution < 1.29 is 23.6 Å². The number of aromatic amines is 1. The van der Waals surface area contributed by atoms with E-state index in [4.69, 9.17) is 4.52 Å². The number of nitrogens with zero attached hydrogens (tertiary/aromatic N) is 4. The maximum absolute atomic E-state index is 15.4. The number of aromatic nitrogens is 4. The normalized spacial score (nSPS) is 16.2. The van der Waals surface area contributed by atoms with E-state index in [0.717, 1.165) is 17.4 Å². The predicted molar refractivity (Wildman–Crippen MR) is 146 cm³/mol. The molecule has 0 saturated carbocycles. The van der Waals surface area contributed by atoms with Gasteiger partial charge in [0.15, 0.2) is 22.9 Å². The summed E-state index contributed by atoms with van der Waals surface area (Å²) >= 11 is 0. The van der Waals surface area contributed by atoms with Gasteiger partial charge in [0.05, 0.1) is 11.4 Å². The fourth-order valence-electron chi connectivity index (χ4n) is 4.80. The van der Waals surface area contributed by atoms with E-state index in [1.54, 1.807) is 31.3 Å². The third kappa shape index (κ3) is 5.30. The van der Waals surface area contributed by atoms with Crippen LogP contribution in [0.25, 0.3) is 22.2 Å². The topological polar surface area (TPSA) is 149 Å². The van der Waals surface area contributed by atoms with Crippen LogP contribution in [-0.2, 0) is 10.4 Å². The predicted octanol–water partition coefficient (Wildman–Crippen LogP) is 3.35. The highest BCUT2D eigenvalue weighted by molar-refractivity contribution is 6.01. The first-order chi connectivity index (χ1) is 19.0. The number of rotatable bonds is 8. The lowest BCUT2D eigenvalue weighted by atomic mass is 9.99. The molecule has 0 bridgehead atoms. The molecule has 40 heavy (non-hydrogen) atoms. The highest BCUT2D eigenvalue weighted by atomic mass is 19.1. The quantitative estimate of drug-likeness (QED) is 0.245. The number of carbonyl (C=O) groups excluding carboxylic acids is 2. The molecule has 12 heteroatoms. The molecule has 5 rings (SSSR count). The number of fused-ring (bicyclic) bond motifs is 1. The lowest BCUT2D eigenvalue weighted by molar-refractivity contribution is -0.117. The summed E-state index contributed by atoms with van der Waals surface area (Å²) in [5.41, 5.74) is 0.925. The van der Waals surface area contributed by atoms with Crippen molar-refractivity contribution in [3.63, 3.8) is 0 Å². The largest absolute Gasteiger partial charge is 0.382 e.